The largest absolute Gasteiger partial charge is 0.378 e. The molecule has 2 aromatic carbocycles. The molecule has 174 valence electrons. The Morgan fingerprint density at radius 2 is 1.79 bits per heavy atom. The molecule has 5 rings (SSSR count). The Balaban J connectivity index is 1.41. The maximum Gasteiger partial charge on any atom is 0.329 e. The van der Waals surface area contributed by atoms with Gasteiger partial charge in [0.25, 0.3) is 5.91 Å². The first-order valence-electron chi connectivity index (χ1n) is 11.0. The normalized spacial score (nSPS) is 17.6. The van der Waals surface area contributed by atoms with Gasteiger partial charge in [0.2, 0.25) is 5.91 Å². The number of aromatic nitrogens is 1. The van der Waals surface area contributed by atoms with E-state index >= 15 is 0 Å². The number of morpholine rings is 1. The third kappa shape index (κ3) is 4.17. The molecule has 0 unspecified atom stereocenters. The van der Waals surface area contributed by atoms with Crippen molar-refractivity contribution < 1.29 is 23.5 Å². The van der Waals surface area contributed by atoms with Crippen LogP contribution >= 0.6 is 0 Å². The Morgan fingerprint density at radius 3 is 2.59 bits per heavy atom. The number of carbonyl (C=O) groups excluding carboxylic acids is 3. The van der Waals surface area contributed by atoms with Gasteiger partial charge in [-0.3, -0.25) is 14.5 Å². The molecule has 2 aliphatic heterocycles. The van der Waals surface area contributed by atoms with E-state index in [2.05, 4.69) is 5.32 Å². The molecular formula is C25H23FN4O4. The van der Waals surface area contributed by atoms with E-state index in [1.54, 1.807) is 29.3 Å². The number of ether oxygens (including phenoxy) is 1. The molecule has 2 aliphatic rings. The summed E-state index contributed by atoms with van der Waals surface area (Å²) in [5, 5.41) is 3.43. The Bertz CT molecular complexity index is 1310. The lowest BCUT2D eigenvalue weighted by molar-refractivity contribution is -0.135. The van der Waals surface area contributed by atoms with Crippen molar-refractivity contribution in [2.45, 2.75) is 13.1 Å². The summed E-state index contributed by atoms with van der Waals surface area (Å²) < 4.78 is 21.2. The maximum absolute atomic E-state index is 14.0. The molecule has 2 fully saturated rings. The molecule has 34 heavy (non-hydrogen) atoms. The molecule has 0 saturated carbocycles. The van der Waals surface area contributed by atoms with E-state index < -0.39 is 17.8 Å². The van der Waals surface area contributed by atoms with Crippen molar-refractivity contribution in [3.8, 4) is 0 Å². The minimum Gasteiger partial charge on any atom is -0.378 e. The second kappa shape index (κ2) is 9.11. The van der Waals surface area contributed by atoms with Gasteiger partial charge in [-0.05, 0) is 18.2 Å². The highest BCUT2D eigenvalue weighted by molar-refractivity contribution is 6.14. The average Bonchev–Trinajstić information content (AvgIpc) is 3.33. The second-order valence-corrected chi connectivity index (χ2v) is 8.19. The number of hydrogen-bond donors (Lipinski definition) is 1. The molecule has 0 aliphatic carbocycles. The fourth-order valence-corrected chi connectivity index (χ4v) is 4.25. The van der Waals surface area contributed by atoms with Crippen molar-refractivity contribution in [3.63, 3.8) is 0 Å². The predicted octanol–water partition coefficient (Wildman–Crippen LogP) is 2.73. The monoisotopic (exact) mass is 462 g/mol. The molecule has 0 atom stereocenters. The fourth-order valence-electron chi connectivity index (χ4n) is 4.25. The maximum atomic E-state index is 14.0. The van der Waals surface area contributed by atoms with Crippen LogP contribution in [0.15, 0.2) is 60.4 Å². The van der Waals surface area contributed by atoms with Crippen molar-refractivity contribution in [1.82, 2.24) is 19.7 Å². The third-order valence-electron chi connectivity index (χ3n) is 6.04. The molecule has 3 heterocycles. The number of imide groups is 1. The Morgan fingerprint density at radius 1 is 1.06 bits per heavy atom. The van der Waals surface area contributed by atoms with Crippen LogP contribution in [0, 0.1) is 5.82 Å². The molecule has 0 bridgehead atoms. The molecular weight excluding hydrogens is 439 g/mol. The van der Waals surface area contributed by atoms with E-state index in [1.807, 2.05) is 28.8 Å². The third-order valence-corrected chi connectivity index (χ3v) is 6.04. The van der Waals surface area contributed by atoms with Gasteiger partial charge in [0.15, 0.2) is 0 Å². The number of nitrogens with one attached hydrogen (secondary N) is 1. The number of para-hydroxylation sites is 1. The van der Waals surface area contributed by atoms with E-state index in [1.165, 1.54) is 12.1 Å². The highest BCUT2D eigenvalue weighted by Gasteiger charge is 2.34. The van der Waals surface area contributed by atoms with E-state index in [9.17, 15) is 18.8 Å². The Hall–Kier alpha value is -3.98. The first-order chi connectivity index (χ1) is 16.5. The zero-order valence-corrected chi connectivity index (χ0v) is 18.4. The summed E-state index contributed by atoms with van der Waals surface area (Å²) in [6.45, 7) is 2.18. The second-order valence-electron chi connectivity index (χ2n) is 8.19. The van der Waals surface area contributed by atoms with Crippen molar-refractivity contribution >= 4 is 34.8 Å². The van der Waals surface area contributed by atoms with Gasteiger partial charge in [-0.1, -0.05) is 36.4 Å². The zero-order chi connectivity index (χ0) is 23.7. The van der Waals surface area contributed by atoms with Gasteiger partial charge in [-0.25, -0.2) is 9.18 Å². The van der Waals surface area contributed by atoms with Crippen LogP contribution in [0.5, 0.6) is 0 Å². The number of fused-ring (bicyclic) bond motifs is 1. The number of halogens is 1. The Labute approximate surface area is 195 Å². The van der Waals surface area contributed by atoms with Crippen LogP contribution < -0.4 is 5.32 Å². The highest BCUT2D eigenvalue weighted by Crippen LogP contribution is 2.25. The van der Waals surface area contributed by atoms with Gasteiger partial charge < -0.3 is 19.5 Å². The van der Waals surface area contributed by atoms with Crippen LogP contribution in [-0.4, -0.2) is 58.5 Å². The topological polar surface area (TPSA) is 83.9 Å². The molecule has 0 radical (unpaired) electrons. The summed E-state index contributed by atoms with van der Waals surface area (Å²) in [7, 11) is 0. The van der Waals surface area contributed by atoms with Crippen molar-refractivity contribution in [1.29, 1.82) is 0 Å². The summed E-state index contributed by atoms with van der Waals surface area (Å²) in [6.07, 6.45) is 3.40. The van der Waals surface area contributed by atoms with E-state index in [0.717, 1.165) is 15.8 Å². The lowest BCUT2D eigenvalue weighted by atomic mass is 10.1. The van der Waals surface area contributed by atoms with Gasteiger partial charge >= 0.3 is 6.03 Å². The van der Waals surface area contributed by atoms with Gasteiger partial charge in [-0.15, -0.1) is 0 Å². The summed E-state index contributed by atoms with van der Waals surface area (Å²) in [5.74, 6) is -1.02. The van der Waals surface area contributed by atoms with Crippen LogP contribution in [-0.2, 0) is 27.4 Å². The molecule has 1 aromatic heterocycles. The van der Waals surface area contributed by atoms with Crippen LogP contribution in [0.3, 0.4) is 0 Å². The van der Waals surface area contributed by atoms with Crippen molar-refractivity contribution in [3.05, 3.63) is 77.4 Å². The molecule has 3 aromatic rings. The van der Waals surface area contributed by atoms with E-state index in [4.69, 9.17) is 4.74 Å². The lowest BCUT2D eigenvalue weighted by Crippen LogP contribution is -2.42. The summed E-state index contributed by atoms with van der Waals surface area (Å²) in [6, 6.07) is 13.0. The van der Waals surface area contributed by atoms with Gasteiger partial charge in [0.05, 0.1) is 19.8 Å². The summed E-state index contributed by atoms with van der Waals surface area (Å²) in [5.41, 5.74) is 1.90. The van der Waals surface area contributed by atoms with E-state index in [0.29, 0.717) is 31.9 Å². The number of hydrogen-bond acceptors (Lipinski definition) is 4. The number of urea groups is 1. The Kier molecular flexibility index (Phi) is 5.85. The predicted molar refractivity (Wildman–Crippen MR) is 123 cm³/mol. The smallest absolute Gasteiger partial charge is 0.329 e. The molecule has 1 N–H and O–H groups in total. The first-order valence-corrected chi connectivity index (χ1v) is 11.0. The molecule has 2 saturated heterocycles. The SMILES string of the molecule is O=C(Cn1cc(/C=C2\NC(=O)N(Cc3ccccc3F)C2=O)c2ccccc21)N1CCOCC1. The minimum atomic E-state index is -0.606. The summed E-state index contributed by atoms with van der Waals surface area (Å²) >= 11 is 0. The number of amides is 4. The zero-order valence-electron chi connectivity index (χ0n) is 18.4. The van der Waals surface area contributed by atoms with Gasteiger partial charge in [0, 0.05) is 41.3 Å². The number of carbonyl (C=O) groups is 3. The standard InChI is InChI=1S/C25H23FN4O4/c26-20-7-3-1-5-17(20)15-30-24(32)21(27-25(30)33)13-18-14-29(22-8-4-2-6-19(18)22)16-23(31)28-9-11-34-12-10-28/h1-8,13-14H,9-12,15-16H2,(H,27,33)/b21-13-. The number of nitrogens with zero attached hydrogens (tertiary/aromatic N) is 3. The van der Waals surface area contributed by atoms with Gasteiger partial charge in [0.1, 0.15) is 18.1 Å². The fraction of sp³-hybridized carbons (Fsp3) is 0.240. The van der Waals surface area contributed by atoms with Crippen LogP contribution in [0.2, 0.25) is 0 Å². The van der Waals surface area contributed by atoms with Crippen molar-refractivity contribution in [2.24, 2.45) is 0 Å². The van der Waals surface area contributed by atoms with Crippen molar-refractivity contribution in [2.75, 3.05) is 26.3 Å². The molecule has 4 amide bonds. The number of benzene rings is 2. The minimum absolute atomic E-state index is 0.00966. The first kappa shape index (κ1) is 21.8. The lowest BCUT2D eigenvalue weighted by Gasteiger charge is -2.27. The molecule has 9 heteroatoms. The van der Waals surface area contributed by atoms with Crippen LogP contribution in [0.25, 0.3) is 17.0 Å². The van der Waals surface area contributed by atoms with E-state index in [-0.39, 0.29) is 30.3 Å². The average molecular weight is 462 g/mol. The quantitative estimate of drug-likeness (QED) is 0.467. The summed E-state index contributed by atoms with van der Waals surface area (Å²) in [4.78, 5) is 40.9. The molecule has 0 spiro atoms. The number of rotatable bonds is 5. The van der Waals surface area contributed by atoms with Crippen LogP contribution in [0.1, 0.15) is 11.1 Å². The molecule has 8 nitrogen and oxygen atoms in total. The van der Waals surface area contributed by atoms with Gasteiger partial charge in [-0.2, -0.15) is 0 Å². The highest BCUT2D eigenvalue weighted by atomic mass is 19.1. The van der Waals surface area contributed by atoms with Crippen LogP contribution in [0.4, 0.5) is 9.18 Å².